The van der Waals surface area contributed by atoms with Gasteiger partial charge in [0.25, 0.3) is 0 Å². The molecule has 0 fully saturated rings. The number of pyridine rings is 1. The summed E-state index contributed by atoms with van der Waals surface area (Å²) in [5.41, 5.74) is 5.83. The molecule has 76 valence electrons. The van der Waals surface area contributed by atoms with E-state index in [2.05, 4.69) is 4.98 Å². The Kier molecular flexibility index (Phi) is 3.52. The first-order valence-corrected chi connectivity index (χ1v) is 4.27. The lowest BCUT2D eigenvalue weighted by molar-refractivity contribution is -0.126. The molecular weight excluding hydrogens is 194 g/mol. The molecular formula is C10H9N3O2. The van der Waals surface area contributed by atoms with Crippen LogP contribution in [0, 0.1) is 11.3 Å². The molecule has 0 aliphatic heterocycles. The molecule has 2 N–H and O–H groups in total. The molecule has 1 aromatic rings. The van der Waals surface area contributed by atoms with Crippen molar-refractivity contribution >= 4 is 11.7 Å². The predicted octanol–water partition coefficient (Wildman–Crippen LogP) is -0.0597. The van der Waals surface area contributed by atoms with Crippen LogP contribution in [0.5, 0.6) is 0 Å². The number of Topliss-reactive ketones (excluding diaryl/α,β-unsaturated/α-hetero) is 1. The van der Waals surface area contributed by atoms with Crippen molar-refractivity contribution in [1.29, 1.82) is 5.26 Å². The molecule has 5 nitrogen and oxygen atoms in total. The molecule has 15 heavy (non-hydrogen) atoms. The number of hydrogen-bond donors (Lipinski definition) is 1. The number of hydrogen-bond acceptors (Lipinski definition) is 4. The van der Waals surface area contributed by atoms with Crippen LogP contribution >= 0.6 is 0 Å². The fourth-order valence-corrected chi connectivity index (χ4v) is 1.05. The summed E-state index contributed by atoms with van der Waals surface area (Å²) in [4.78, 5) is 25.5. The minimum atomic E-state index is -0.645. The summed E-state index contributed by atoms with van der Waals surface area (Å²) in [5, 5.41) is 8.51. The third-order valence-electron chi connectivity index (χ3n) is 1.70. The van der Waals surface area contributed by atoms with Gasteiger partial charge < -0.3 is 5.73 Å². The fraction of sp³-hybridized carbons (Fsp3) is 0.200. The highest BCUT2D eigenvalue weighted by molar-refractivity contribution is 5.97. The highest BCUT2D eigenvalue weighted by Crippen LogP contribution is 2.01. The van der Waals surface area contributed by atoms with E-state index in [0.717, 1.165) is 0 Å². The Hall–Kier alpha value is -2.22. The zero-order valence-electron chi connectivity index (χ0n) is 7.93. The van der Waals surface area contributed by atoms with Crippen LogP contribution in [-0.4, -0.2) is 16.7 Å². The van der Waals surface area contributed by atoms with Crippen molar-refractivity contribution in [3.63, 3.8) is 0 Å². The van der Waals surface area contributed by atoms with Crippen molar-refractivity contribution in [1.82, 2.24) is 4.98 Å². The van der Waals surface area contributed by atoms with Crippen LogP contribution in [0.2, 0.25) is 0 Å². The van der Waals surface area contributed by atoms with E-state index in [0.29, 0.717) is 11.3 Å². The fourth-order valence-electron chi connectivity index (χ4n) is 1.05. The minimum Gasteiger partial charge on any atom is -0.369 e. The largest absolute Gasteiger partial charge is 0.369 e. The van der Waals surface area contributed by atoms with Crippen LogP contribution in [0.4, 0.5) is 0 Å². The van der Waals surface area contributed by atoms with E-state index >= 15 is 0 Å². The van der Waals surface area contributed by atoms with Gasteiger partial charge in [-0.2, -0.15) is 5.26 Å². The molecule has 0 aliphatic rings. The first-order valence-electron chi connectivity index (χ1n) is 4.27. The van der Waals surface area contributed by atoms with Gasteiger partial charge >= 0.3 is 0 Å². The van der Waals surface area contributed by atoms with Gasteiger partial charge in [-0.25, -0.2) is 0 Å². The molecule has 5 heteroatoms. The number of primary amides is 1. The van der Waals surface area contributed by atoms with Crippen LogP contribution in [0.15, 0.2) is 18.3 Å². The maximum Gasteiger partial charge on any atom is 0.224 e. The van der Waals surface area contributed by atoms with E-state index in [4.69, 9.17) is 11.0 Å². The molecule has 0 radical (unpaired) electrons. The maximum absolute atomic E-state index is 11.2. The summed E-state index contributed by atoms with van der Waals surface area (Å²) >= 11 is 0. The molecule has 0 saturated carbocycles. The monoisotopic (exact) mass is 203 g/mol. The maximum atomic E-state index is 11.2. The van der Waals surface area contributed by atoms with Crippen molar-refractivity contribution in [2.45, 2.75) is 12.8 Å². The molecule has 0 aliphatic carbocycles. The Morgan fingerprint density at radius 3 is 2.67 bits per heavy atom. The summed E-state index contributed by atoms with van der Waals surface area (Å²) in [5.74, 6) is -0.923. The van der Waals surface area contributed by atoms with E-state index in [1.54, 1.807) is 12.1 Å². The summed E-state index contributed by atoms with van der Waals surface area (Å²) in [6.07, 6.45) is 1.17. The standard InChI is InChI=1S/C10H9N3O2/c11-5-7-1-2-8(13-6-7)3-9(14)4-10(12)15/h1-2,6H,3-4H2,(H2,12,15). The van der Waals surface area contributed by atoms with Crippen molar-refractivity contribution < 1.29 is 9.59 Å². The van der Waals surface area contributed by atoms with Gasteiger partial charge in [0.05, 0.1) is 12.0 Å². The summed E-state index contributed by atoms with van der Waals surface area (Å²) in [7, 11) is 0. The number of amides is 1. The number of rotatable bonds is 4. The third-order valence-corrected chi connectivity index (χ3v) is 1.70. The summed E-state index contributed by atoms with van der Waals surface area (Å²) in [6, 6.07) is 5.07. The smallest absolute Gasteiger partial charge is 0.224 e. The Morgan fingerprint density at radius 2 is 2.20 bits per heavy atom. The van der Waals surface area contributed by atoms with Gasteiger partial charge in [-0.3, -0.25) is 14.6 Å². The zero-order valence-corrected chi connectivity index (χ0v) is 7.93. The van der Waals surface area contributed by atoms with E-state index in [9.17, 15) is 9.59 Å². The molecule has 0 bridgehead atoms. The highest BCUT2D eigenvalue weighted by atomic mass is 16.2. The van der Waals surface area contributed by atoms with Crippen LogP contribution in [0.25, 0.3) is 0 Å². The second-order valence-corrected chi connectivity index (χ2v) is 3.01. The zero-order chi connectivity index (χ0) is 11.3. The summed E-state index contributed by atoms with van der Waals surface area (Å²) < 4.78 is 0. The van der Waals surface area contributed by atoms with Gasteiger partial charge in [-0.15, -0.1) is 0 Å². The normalized spacial score (nSPS) is 9.27. The van der Waals surface area contributed by atoms with Crippen LogP contribution < -0.4 is 5.73 Å². The SMILES string of the molecule is N#Cc1ccc(CC(=O)CC(N)=O)nc1. The van der Waals surface area contributed by atoms with Crippen molar-refractivity contribution in [3.05, 3.63) is 29.6 Å². The summed E-state index contributed by atoms with van der Waals surface area (Å²) in [6.45, 7) is 0. The van der Waals surface area contributed by atoms with Crippen LogP contribution in [-0.2, 0) is 16.0 Å². The number of ketones is 1. The van der Waals surface area contributed by atoms with Crippen molar-refractivity contribution in [2.75, 3.05) is 0 Å². The van der Waals surface area contributed by atoms with E-state index in [1.807, 2.05) is 6.07 Å². The topological polar surface area (TPSA) is 96.8 Å². The molecule has 1 amide bonds. The molecule has 1 heterocycles. The average molecular weight is 203 g/mol. The Morgan fingerprint density at radius 1 is 1.47 bits per heavy atom. The lowest BCUT2D eigenvalue weighted by atomic mass is 10.1. The molecule has 0 aromatic carbocycles. The van der Waals surface area contributed by atoms with Crippen molar-refractivity contribution in [3.8, 4) is 6.07 Å². The Balaban J connectivity index is 2.62. The lowest BCUT2D eigenvalue weighted by Gasteiger charge is -1.98. The molecule has 0 saturated heterocycles. The molecule has 0 unspecified atom stereocenters. The molecule has 0 atom stereocenters. The molecule has 1 aromatic heterocycles. The van der Waals surface area contributed by atoms with Gasteiger partial charge in [0.2, 0.25) is 5.91 Å². The second kappa shape index (κ2) is 4.86. The third kappa shape index (κ3) is 3.56. The van der Waals surface area contributed by atoms with Gasteiger partial charge in [-0.1, -0.05) is 0 Å². The first-order chi connectivity index (χ1) is 7.11. The average Bonchev–Trinajstić information content (AvgIpc) is 2.17. The second-order valence-electron chi connectivity index (χ2n) is 3.01. The number of nitrogens with two attached hydrogens (primary N) is 1. The quantitative estimate of drug-likeness (QED) is 0.693. The van der Waals surface area contributed by atoms with Crippen LogP contribution in [0.1, 0.15) is 17.7 Å². The molecule has 1 rings (SSSR count). The van der Waals surface area contributed by atoms with E-state index in [1.165, 1.54) is 6.20 Å². The Labute approximate surface area is 86.5 Å². The minimum absolute atomic E-state index is 0.0641. The van der Waals surface area contributed by atoms with Gasteiger partial charge in [0, 0.05) is 18.3 Å². The number of carbonyl (C=O) groups is 2. The van der Waals surface area contributed by atoms with Gasteiger partial charge in [0.1, 0.15) is 11.9 Å². The number of aromatic nitrogens is 1. The lowest BCUT2D eigenvalue weighted by Crippen LogP contribution is -2.17. The Bertz CT molecular complexity index is 417. The van der Waals surface area contributed by atoms with Crippen LogP contribution in [0.3, 0.4) is 0 Å². The highest BCUT2D eigenvalue weighted by Gasteiger charge is 2.07. The first kappa shape index (κ1) is 10.9. The number of nitriles is 1. The van der Waals surface area contributed by atoms with E-state index < -0.39 is 5.91 Å². The number of nitrogens with zero attached hydrogens (tertiary/aromatic N) is 2. The van der Waals surface area contributed by atoms with Gasteiger partial charge in [0.15, 0.2) is 0 Å². The van der Waals surface area contributed by atoms with Crippen molar-refractivity contribution in [2.24, 2.45) is 5.73 Å². The predicted molar refractivity (Wildman–Crippen MR) is 51.5 cm³/mol. The molecule has 0 spiro atoms. The van der Waals surface area contributed by atoms with E-state index in [-0.39, 0.29) is 18.6 Å². The number of carbonyl (C=O) groups excluding carboxylic acids is 2. The van der Waals surface area contributed by atoms with Gasteiger partial charge in [-0.05, 0) is 12.1 Å².